The van der Waals surface area contributed by atoms with Crippen LogP contribution >= 0.6 is 23.2 Å². The lowest BCUT2D eigenvalue weighted by Gasteiger charge is -2.02. The number of aromatic nitrogens is 3. The van der Waals surface area contributed by atoms with Crippen molar-refractivity contribution in [3.05, 3.63) is 68.4 Å². The number of aromatic hydroxyl groups is 1. The number of nitrogens with zero attached hydrogens (tertiary/aromatic N) is 3. The summed E-state index contributed by atoms with van der Waals surface area (Å²) in [5, 5.41) is 21.4. The van der Waals surface area contributed by atoms with Crippen LogP contribution in [0, 0.1) is 0 Å². The highest BCUT2D eigenvalue weighted by molar-refractivity contribution is 6.37. The summed E-state index contributed by atoms with van der Waals surface area (Å²) < 4.78 is 0. The third-order valence-corrected chi connectivity index (χ3v) is 3.74. The predicted molar refractivity (Wildman–Crippen MR) is 97.4 cm³/mol. The van der Waals surface area contributed by atoms with E-state index >= 15 is 0 Å². The van der Waals surface area contributed by atoms with Gasteiger partial charge in [-0.1, -0.05) is 53.5 Å². The largest absolute Gasteiger partial charge is 0.505 e. The van der Waals surface area contributed by atoms with Crippen LogP contribution in [0.3, 0.4) is 0 Å². The van der Waals surface area contributed by atoms with E-state index in [0.29, 0.717) is 11.1 Å². The third kappa shape index (κ3) is 3.96. The van der Waals surface area contributed by atoms with Gasteiger partial charge in [0.1, 0.15) is 0 Å². The minimum Gasteiger partial charge on any atom is -0.505 e. The number of halogens is 2. The molecule has 1 heterocycles. The van der Waals surface area contributed by atoms with Gasteiger partial charge in [0, 0.05) is 5.56 Å². The third-order valence-electron chi connectivity index (χ3n) is 3.17. The number of hydrogen-bond acceptors (Lipinski definition) is 6. The lowest BCUT2D eigenvalue weighted by molar-refractivity contribution is 0.476. The molecule has 0 bridgehead atoms. The molecule has 0 atom stereocenters. The zero-order valence-corrected chi connectivity index (χ0v) is 14.1. The topological polar surface area (TPSA) is 103 Å². The highest BCUT2D eigenvalue weighted by Gasteiger charge is 2.07. The van der Waals surface area contributed by atoms with Crippen molar-refractivity contribution < 1.29 is 5.11 Å². The van der Waals surface area contributed by atoms with E-state index in [1.807, 2.05) is 6.07 Å². The molecule has 7 nitrogen and oxygen atoms in total. The number of hydrazone groups is 1. The van der Waals surface area contributed by atoms with E-state index in [9.17, 15) is 9.90 Å². The summed E-state index contributed by atoms with van der Waals surface area (Å²) in [6.07, 6.45) is 1.41. The average molecular weight is 376 g/mol. The van der Waals surface area contributed by atoms with Gasteiger partial charge in [-0.15, -0.1) is 10.2 Å². The van der Waals surface area contributed by atoms with Crippen LogP contribution in [0.5, 0.6) is 5.75 Å². The average Bonchev–Trinajstić information content (AvgIpc) is 2.60. The Hall–Kier alpha value is -2.90. The van der Waals surface area contributed by atoms with Crippen LogP contribution in [0.1, 0.15) is 5.56 Å². The van der Waals surface area contributed by atoms with E-state index in [-0.39, 0.29) is 27.4 Å². The molecule has 9 heteroatoms. The van der Waals surface area contributed by atoms with Gasteiger partial charge in [-0.2, -0.15) is 5.10 Å². The molecule has 0 saturated carbocycles. The molecule has 3 N–H and O–H groups in total. The maximum atomic E-state index is 12.1. The molecule has 2 aromatic carbocycles. The monoisotopic (exact) mass is 375 g/mol. The van der Waals surface area contributed by atoms with Gasteiger partial charge in [0.25, 0.3) is 5.56 Å². The SMILES string of the molecule is O=c1[nH]c(N/N=C/c2cc(Cl)c(O)c(Cl)c2)nnc1-c1ccccc1. The molecule has 0 amide bonds. The second kappa shape index (κ2) is 7.33. The Morgan fingerprint density at radius 2 is 1.80 bits per heavy atom. The Morgan fingerprint density at radius 1 is 1.12 bits per heavy atom. The van der Waals surface area contributed by atoms with E-state index in [4.69, 9.17) is 23.2 Å². The number of phenolic OH excluding ortho intramolecular Hbond substituents is 1. The van der Waals surface area contributed by atoms with Gasteiger partial charge >= 0.3 is 0 Å². The number of rotatable bonds is 4. The molecule has 0 aliphatic carbocycles. The van der Waals surface area contributed by atoms with Gasteiger partial charge in [0.2, 0.25) is 5.95 Å². The second-order valence-corrected chi connectivity index (χ2v) is 5.73. The van der Waals surface area contributed by atoms with Crippen LogP contribution in [0.15, 0.2) is 52.4 Å². The standard InChI is InChI=1S/C16H11Cl2N5O2/c17-11-6-9(7-12(18)14(11)24)8-19-22-16-20-15(25)13(21-23-16)10-4-2-1-3-5-10/h1-8,24H,(H2,20,22,23,25)/b19-8+. The molecule has 3 rings (SSSR count). The number of benzene rings is 2. The summed E-state index contributed by atoms with van der Waals surface area (Å²) in [4.78, 5) is 14.6. The molecule has 0 spiro atoms. The highest BCUT2D eigenvalue weighted by atomic mass is 35.5. The van der Waals surface area contributed by atoms with Gasteiger partial charge < -0.3 is 5.11 Å². The molecule has 0 saturated heterocycles. The lowest BCUT2D eigenvalue weighted by atomic mass is 10.2. The minimum absolute atomic E-state index is 0.0805. The second-order valence-electron chi connectivity index (χ2n) is 4.92. The fourth-order valence-electron chi connectivity index (χ4n) is 2.00. The first-order chi connectivity index (χ1) is 12.0. The molecule has 0 radical (unpaired) electrons. The molecule has 126 valence electrons. The van der Waals surface area contributed by atoms with Crippen molar-refractivity contribution in [1.82, 2.24) is 15.2 Å². The predicted octanol–water partition coefficient (Wildman–Crippen LogP) is 3.29. The van der Waals surface area contributed by atoms with Gasteiger partial charge in [-0.3, -0.25) is 9.78 Å². The zero-order valence-electron chi connectivity index (χ0n) is 12.6. The first-order valence-electron chi connectivity index (χ1n) is 7.04. The molecular formula is C16H11Cl2N5O2. The van der Waals surface area contributed by atoms with Crippen LogP contribution in [-0.2, 0) is 0 Å². The molecular weight excluding hydrogens is 365 g/mol. The summed E-state index contributed by atoms with van der Waals surface area (Å²) in [5.74, 6) is -0.114. The number of nitrogens with one attached hydrogen (secondary N) is 2. The maximum absolute atomic E-state index is 12.1. The fourth-order valence-corrected chi connectivity index (χ4v) is 2.50. The van der Waals surface area contributed by atoms with E-state index in [1.165, 1.54) is 18.3 Å². The Kier molecular flexibility index (Phi) is 4.97. The summed E-state index contributed by atoms with van der Waals surface area (Å²) in [6, 6.07) is 12.0. The van der Waals surface area contributed by atoms with Gasteiger partial charge in [0.15, 0.2) is 11.4 Å². The summed E-state index contributed by atoms with van der Waals surface area (Å²) >= 11 is 11.7. The number of phenols is 1. The van der Waals surface area contributed by atoms with Crippen LogP contribution in [0.25, 0.3) is 11.3 Å². The molecule has 0 aliphatic heterocycles. The summed E-state index contributed by atoms with van der Waals surface area (Å²) in [6.45, 7) is 0. The highest BCUT2D eigenvalue weighted by Crippen LogP contribution is 2.32. The lowest BCUT2D eigenvalue weighted by Crippen LogP contribution is -2.15. The number of aromatic amines is 1. The van der Waals surface area contributed by atoms with Crippen LogP contribution in [0.4, 0.5) is 5.95 Å². The van der Waals surface area contributed by atoms with Crippen molar-refractivity contribution in [2.75, 3.05) is 5.43 Å². The van der Waals surface area contributed by atoms with E-state index in [1.54, 1.807) is 24.3 Å². The van der Waals surface area contributed by atoms with Crippen molar-refractivity contribution in [2.45, 2.75) is 0 Å². The normalized spacial score (nSPS) is 11.0. The zero-order chi connectivity index (χ0) is 17.8. The van der Waals surface area contributed by atoms with Crippen molar-refractivity contribution in [3.63, 3.8) is 0 Å². The number of H-pyrrole nitrogens is 1. The number of hydrogen-bond donors (Lipinski definition) is 3. The first-order valence-corrected chi connectivity index (χ1v) is 7.79. The van der Waals surface area contributed by atoms with E-state index in [2.05, 4.69) is 25.7 Å². The fraction of sp³-hybridized carbons (Fsp3) is 0. The Labute approximate surface area is 152 Å². The van der Waals surface area contributed by atoms with Crippen LogP contribution < -0.4 is 11.0 Å². The van der Waals surface area contributed by atoms with Gasteiger partial charge in [-0.25, -0.2) is 5.43 Å². The van der Waals surface area contributed by atoms with E-state index < -0.39 is 5.56 Å². The smallest absolute Gasteiger partial charge is 0.279 e. The first kappa shape index (κ1) is 16.9. The summed E-state index contributed by atoms with van der Waals surface area (Å²) in [7, 11) is 0. The van der Waals surface area contributed by atoms with Crippen molar-refractivity contribution in [1.29, 1.82) is 0 Å². The quantitative estimate of drug-likeness (QED) is 0.479. The minimum atomic E-state index is -0.394. The van der Waals surface area contributed by atoms with E-state index in [0.717, 1.165) is 0 Å². The number of anilines is 1. The van der Waals surface area contributed by atoms with Crippen LogP contribution in [0.2, 0.25) is 10.0 Å². The molecule has 0 fully saturated rings. The molecule has 3 aromatic rings. The van der Waals surface area contributed by atoms with Gasteiger partial charge in [0.05, 0.1) is 16.3 Å². The Bertz CT molecular complexity index is 966. The Morgan fingerprint density at radius 3 is 2.44 bits per heavy atom. The molecule has 0 aliphatic rings. The van der Waals surface area contributed by atoms with Crippen molar-refractivity contribution in [3.8, 4) is 17.0 Å². The molecule has 1 aromatic heterocycles. The van der Waals surface area contributed by atoms with Crippen molar-refractivity contribution >= 4 is 35.4 Å². The molecule has 0 unspecified atom stereocenters. The van der Waals surface area contributed by atoms with Crippen LogP contribution in [-0.4, -0.2) is 26.5 Å². The van der Waals surface area contributed by atoms with Gasteiger partial charge in [-0.05, 0) is 17.7 Å². The molecule has 25 heavy (non-hydrogen) atoms. The van der Waals surface area contributed by atoms with Crippen molar-refractivity contribution in [2.24, 2.45) is 5.10 Å². The Balaban J connectivity index is 1.76. The summed E-state index contributed by atoms with van der Waals surface area (Å²) in [5.41, 5.74) is 3.60. The maximum Gasteiger partial charge on any atom is 0.279 e.